The van der Waals surface area contributed by atoms with Crippen LogP contribution < -0.4 is 16.0 Å². The highest BCUT2D eigenvalue weighted by molar-refractivity contribution is 8.76. The van der Waals surface area contributed by atoms with Crippen molar-refractivity contribution < 1.29 is 29.0 Å². The van der Waals surface area contributed by atoms with Gasteiger partial charge in [0.2, 0.25) is 17.7 Å². The molecule has 4 N–H and O–H groups in total. The summed E-state index contributed by atoms with van der Waals surface area (Å²) >= 11 is 1.55. The van der Waals surface area contributed by atoms with Crippen molar-refractivity contribution >= 4 is 57.0 Å². The van der Waals surface area contributed by atoms with Gasteiger partial charge in [-0.15, -0.1) is 0 Å². The lowest BCUT2D eigenvalue weighted by molar-refractivity contribution is -0.151. The van der Waals surface area contributed by atoms with E-state index in [1.807, 2.05) is 26.2 Å². The molecule has 0 radical (unpaired) electrons. The van der Waals surface area contributed by atoms with Crippen LogP contribution in [0.2, 0.25) is 0 Å². The van der Waals surface area contributed by atoms with Crippen molar-refractivity contribution in [2.24, 2.45) is 5.92 Å². The van der Waals surface area contributed by atoms with Crippen LogP contribution in [0.15, 0.2) is 12.2 Å². The Labute approximate surface area is 219 Å². The molecular weight excluding hydrogens is 510 g/mol. The van der Waals surface area contributed by atoms with Crippen molar-refractivity contribution in [3.63, 3.8) is 0 Å². The maximum Gasteiger partial charge on any atom is 0.309 e. The number of thioether (sulfide) groups is 1. The van der Waals surface area contributed by atoms with Gasteiger partial charge in [0.25, 0.3) is 0 Å². The third-order valence-electron chi connectivity index (χ3n) is 5.96. The van der Waals surface area contributed by atoms with Crippen LogP contribution in [0.4, 0.5) is 0 Å². The molecule has 0 aromatic carbocycles. The Bertz CT molecular complexity index is 769. The number of fused-ring (bicyclic) bond motifs is 7. The number of amides is 3. The summed E-state index contributed by atoms with van der Waals surface area (Å²) in [6.45, 7) is 3.82. The van der Waals surface area contributed by atoms with E-state index < -0.39 is 54.0 Å². The molecule has 0 unspecified atom stereocenters. The molecule has 9 nitrogen and oxygen atoms in total. The standard InChI is InChI=1S/C23H37N3O6S3/c1-4-14(2)21-18(27)12-20(29)32-15-7-5-6-9-34-35-13-17(23(31)26-21)25-22(30)16(8-10-33-3)24-19(28)11-15/h5,7,14-18,21,27H,4,6,8-13H2,1-3H3,(H,24,28)(H,25,30)(H,26,31)/t14-,15+,16-,17+,18+,21-/m0/s1. The largest absolute Gasteiger partial charge is 0.457 e. The number of aliphatic hydroxyl groups is 1. The number of ether oxygens (including phenoxy) is 1. The Morgan fingerprint density at radius 1 is 1.14 bits per heavy atom. The van der Waals surface area contributed by atoms with Crippen molar-refractivity contribution in [3.05, 3.63) is 12.2 Å². The van der Waals surface area contributed by atoms with Crippen LogP contribution in [0.5, 0.6) is 0 Å². The van der Waals surface area contributed by atoms with Gasteiger partial charge in [0.15, 0.2) is 0 Å². The van der Waals surface area contributed by atoms with Crippen LogP contribution >= 0.6 is 33.3 Å². The van der Waals surface area contributed by atoms with Crippen LogP contribution in [0.1, 0.15) is 46.0 Å². The molecule has 0 aliphatic carbocycles. The average molecular weight is 548 g/mol. The number of rotatable bonds is 5. The molecule has 35 heavy (non-hydrogen) atoms. The fourth-order valence-corrected chi connectivity index (χ4v) is 6.36. The van der Waals surface area contributed by atoms with Crippen LogP contribution in [0.3, 0.4) is 0 Å². The van der Waals surface area contributed by atoms with Crippen molar-refractivity contribution in [1.29, 1.82) is 0 Å². The number of carbonyl (C=O) groups excluding carboxylic acids is 4. The number of aliphatic hydroxyl groups excluding tert-OH is 1. The highest BCUT2D eigenvalue weighted by Gasteiger charge is 2.34. The first kappa shape index (κ1) is 29.9. The molecule has 0 aromatic heterocycles. The van der Waals surface area contributed by atoms with Gasteiger partial charge in [-0.05, 0) is 36.8 Å². The van der Waals surface area contributed by atoms with Crippen LogP contribution in [0, 0.1) is 5.92 Å². The van der Waals surface area contributed by atoms with E-state index in [0.29, 0.717) is 30.8 Å². The summed E-state index contributed by atoms with van der Waals surface area (Å²) in [4.78, 5) is 51.9. The predicted octanol–water partition coefficient (Wildman–Crippen LogP) is 1.65. The molecular formula is C23H37N3O6S3. The first-order chi connectivity index (χ1) is 16.7. The topological polar surface area (TPSA) is 134 Å². The van der Waals surface area contributed by atoms with E-state index in [0.717, 1.165) is 5.75 Å². The van der Waals surface area contributed by atoms with Gasteiger partial charge in [-0.25, -0.2) is 0 Å². The molecule has 0 aromatic rings. The maximum atomic E-state index is 13.3. The molecule has 2 aliphatic heterocycles. The molecule has 0 spiro atoms. The summed E-state index contributed by atoms with van der Waals surface area (Å²) in [5.41, 5.74) is 0. The van der Waals surface area contributed by atoms with E-state index in [-0.39, 0.29) is 18.8 Å². The number of carbonyl (C=O) groups is 4. The first-order valence-corrected chi connectivity index (χ1v) is 15.8. The Morgan fingerprint density at radius 2 is 1.91 bits per heavy atom. The van der Waals surface area contributed by atoms with Crippen LogP contribution in [0.25, 0.3) is 0 Å². The number of esters is 1. The molecule has 3 amide bonds. The average Bonchev–Trinajstić information content (AvgIpc) is 2.81. The van der Waals surface area contributed by atoms with E-state index in [4.69, 9.17) is 4.74 Å². The second-order valence-electron chi connectivity index (χ2n) is 8.71. The molecule has 12 heteroatoms. The Morgan fingerprint density at radius 3 is 2.63 bits per heavy atom. The molecule has 1 saturated heterocycles. The van der Waals surface area contributed by atoms with Crippen molar-refractivity contribution in [2.75, 3.05) is 23.5 Å². The summed E-state index contributed by atoms with van der Waals surface area (Å²) in [6, 6.07) is -2.39. The monoisotopic (exact) mass is 547 g/mol. The molecule has 2 heterocycles. The minimum absolute atomic E-state index is 0.122. The van der Waals surface area contributed by atoms with Crippen molar-refractivity contribution in [1.82, 2.24) is 16.0 Å². The summed E-state index contributed by atoms with van der Waals surface area (Å²) in [6.07, 6.45) is 4.75. The maximum absolute atomic E-state index is 13.3. The van der Waals surface area contributed by atoms with Gasteiger partial charge < -0.3 is 25.8 Å². The SMILES string of the molecule is CC[C@H](C)[C@@H]1NC(=O)[C@H]2CSSCCC=C[C@H](CC(=O)N[C@@H](CCSC)C(=O)N2)OC(=O)C[C@H]1O. The molecule has 2 aliphatic rings. The van der Waals surface area contributed by atoms with Gasteiger partial charge in [0.1, 0.15) is 18.2 Å². The summed E-state index contributed by atoms with van der Waals surface area (Å²) < 4.78 is 5.54. The molecule has 2 rings (SSSR count). The van der Waals surface area contributed by atoms with E-state index in [2.05, 4.69) is 16.0 Å². The lowest BCUT2D eigenvalue weighted by atomic mass is 9.92. The van der Waals surface area contributed by atoms with Crippen molar-refractivity contribution in [2.45, 2.75) is 76.3 Å². The van der Waals surface area contributed by atoms with E-state index in [1.54, 1.807) is 28.6 Å². The minimum Gasteiger partial charge on any atom is -0.457 e. The normalized spacial score (nSPS) is 30.6. The Balaban J connectivity index is 2.46. The van der Waals surface area contributed by atoms with Gasteiger partial charge in [-0.2, -0.15) is 11.8 Å². The zero-order chi connectivity index (χ0) is 25.8. The van der Waals surface area contributed by atoms with Gasteiger partial charge in [0.05, 0.1) is 25.0 Å². The predicted molar refractivity (Wildman–Crippen MR) is 142 cm³/mol. The molecule has 198 valence electrons. The zero-order valence-corrected chi connectivity index (χ0v) is 22.9. The first-order valence-electron chi connectivity index (χ1n) is 11.9. The minimum atomic E-state index is -1.18. The Kier molecular flexibility index (Phi) is 13.4. The zero-order valence-electron chi connectivity index (χ0n) is 20.5. The summed E-state index contributed by atoms with van der Waals surface area (Å²) in [7, 11) is 3.05. The number of allylic oxidation sites excluding steroid dienone is 1. The highest BCUT2D eigenvalue weighted by atomic mass is 33.1. The second kappa shape index (κ2) is 15.7. The van der Waals surface area contributed by atoms with E-state index in [9.17, 15) is 24.3 Å². The number of hydrogen-bond donors (Lipinski definition) is 4. The third-order valence-corrected chi connectivity index (χ3v) is 9.05. The van der Waals surface area contributed by atoms with Gasteiger partial charge in [-0.1, -0.05) is 47.9 Å². The van der Waals surface area contributed by atoms with E-state index >= 15 is 0 Å². The third kappa shape index (κ3) is 10.3. The second-order valence-corrected chi connectivity index (χ2v) is 12.3. The molecule has 0 saturated carbocycles. The van der Waals surface area contributed by atoms with Crippen LogP contribution in [-0.2, 0) is 23.9 Å². The number of nitrogens with one attached hydrogen (secondary N) is 3. The fraction of sp³-hybridized carbons (Fsp3) is 0.739. The fourth-order valence-electron chi connectivity index (χ4n) is 3.74. The molecule has 2 bridgehead atoms. The Hall–Kier alpha value is -1.37. The summed E-state index contributed by atoms with van der Waals surface area (Å²) in [5, 5.41) is 19.3. The summed E-state index contributed by atoms with van der Waals surface area (Å²) in [5.74, 6) is -0.362. The molecule has 1 fully saturated rings. The molecule has 6 atom stereocenters. The van der Waals surface area contributed by atoms with E-state index in [1.165, 1.54) is 10.8 Å². The lowest BCUT2D eigenvalue weighted by Gasteiger charge is -2.31. The van der Waals surface area contributed by atoms with Gasteiger partial charge in [0, 0.05) is 11.5 Å². The van der Waals surface area contributed by atoms with Gasteiger partial charge in [-0.3, -0.25) is 19.2 Å². The van der Waals surface area contributed by atoms with Crippen LogP contribution in [-0.4, -0.2) is 82.6 Å². The highest BCUT2D eigenvalue weighted by Crippen LogP contribution is 2.24. The van der Waals surface area contributed by atoms with Gasteiger partial charge >= 0.3 is 5.97 Å². The smallest absolute Gasteiger partial charge is 0.309 e. The quantitative estimate of drug-likeness (QED) is 0.230. The lowest BCUT2D eigenvalue weighted by Crippen LogP contribution is -2.58. The van der Waals surface area contributed by atoms with Crippen molar-refractivity contribution in [3.8, 4) is 0 Å². The number of hydrogen-bond acceptors (Lipinski definition) is 9.